The van der Waals surface area contributed by atoms with Crippen LogP contribution >= 0.6 is 0 Å². The molecule has 0 fully saturated rings. The molecule has 0 amide bonds. The van der Waals surface area contributed by atoms with Crippen LogP contribution in [0.4, 0.5) is 0 Å². The van der Waals surface area contributed by atoms with E-state index >= 15 is 0 Å². The molecule has 2 heteroatoms. The molecule has 0 bridgehead atoms. The van der Waals surface area contributed by atoms with Gasteiger partial charge in [0, 0.05) is 0 Å². The second-order valence-electron chi connectivity index (χ2n) is 4.87. The third-order valence-electron chi connectivity index (χ3n) is 2.63. The fraction of sp³-hybridized carbons (Fsp3) is 0.625. The first-order chi connectivity index (χ1) is 8.56. The van der Waals surface area contributed by atoms with Gasteiger partial charge in [0.05, 0.1) is 0 Å². The molecule has 0 heterocycles. The number of hydrogen-bond acceptors (Lipinski definition) is 2. The number of aliphatic hydroxyl groups is 1. The second-order valence-corrected chi connectivity index (χ2v) is 4.87. The molecule has 0 aromatic carbocycles. The van der Waals surface area contributed by atoms with E-state index in [0.717, 1.165) is 32.1 Å². The van der Waals surface area contributed by atoms with E-state index in [9.17, 15) is 5.11 Å². The largest absolute Gasteiger partial charge is 0.481 e. The van der Waals surface area contributed by atoms with E-state index < -0.39 is 0 Å². The minimum atomic E-state index is 0.0526. The van der Waals surface area contributed by atoms with Crippen molar-refractivity contribution in [3.8, 4) is 0 Å². The molecule has 0 aliphatic rings. The molecule has 0 saturated heterocycles. The molecule has 0 atom stereocenters. The van der Waals surface area contributed by atoms with E-state index in [0.29, 0.717) is 6.61 Å². The number of allylic oxidation sites excluding steroid dienone is 4. The van der Waals surface area contributed by atoms with E-state index in [4.69, 9.17) is 4.74 Å². The van der Waals surface area contributed by atoms with Gasteiger partial charge in [-0.25, -0.2) is 0 Å². The van der Waals surface area contributed by atoms with Crippen molar-refractivity contribution < 1.29 is 9.84 Å². The lowest BCUT2D eigenvalue weighted by molar-refractivity contribution is 0.110. The van der Waals surface area contributed by atoms with Crippen LogP contribution in [0.3, 0.4) is 0 Å². The summed E-state index contributed by atoms with van der Waals surface area (Å²) in [6.45, 7) is 8.90. The molecule has 104 valence electrons. The van der Waals surface area contributed by atoms with Crippen LogP contribution in [0.15, 0.2) is 35.3 Å². The van der Waals surface area contributed by atoms with Crippen molar-refractivity contribution in [2.75, 3.05) is 6.61 Å². The third kappa shape index (κ3) is 11.3. The topological polar surface area (TPSA) is 29.5 Å². The first-order valence-electron chi connectivity index (χ1n) is 6.87. The highest BCUT2D eigenvalue weighted by atomic mass is 16.6. The standard InChI is InChI=1S/C16H28O2/c1-5-6-7-11-16(17)18-13-12-15(4)10-8-9-14(2)3/h9,11-12,17H,5-8,10,13H2,1-4H3/b15-12+,16-11?. The Morgan fingerprint density at radius 1 is 1.06 bits per heavy atom. The maximum absolute atomic E-state index is 9.44. The van der Waals surface area contributed by atoms with Gasteiger partial charge in [-0.2, -0.15) is 0 Å². The van der Waals surface area contributed by atoms with Gasteiger partial charge in [-0.1, -0.05) is 30.6 Å². The first kappa shape index (κ1) is 16.8. The number of rotatable bonds is 9. The van der Waals surface area contributed by atoms with Crippen molar-refractivity contribution in [3.63, 3.8) is 0 Å². The number of hydrogen-bond donors (Lipinski definition) is 1. The number of ether oxygens (including phenoxy) is 1. The average Bonchev–Trinajstić information content (AvgIpc) is 2.29. The average molecular weight is 252 g/mol. The van der Waals surface area contributed by atoms with Crippen LogP contribution in [-0.2, 0) is 4.74 Å². The van der Waals surface area contributed by atoms with Crippen LogP contribution in [0.2, 0.25) is 0 Å². The Balaban J connectivity index is 3.79. The van der Waals surface area contributed by atoms with Crippen LogP contribution in [0, 0.1) is 0 Å². The Morgan fingerprint density at radius 2 is 1.78 bits per heavy atom. The van der Waals surface area contributed by atoms with Crippen molar-refractivity contribution in [3.05, 3.63) is 35.3 Å². The third-order valence-corrected chi connectivity index (χ3v) is 2.63. The van der Waals surface area contributed by atoms with Crippen LogP contribution in [-0.4, -0.2) is 11.7 Å². The molecule has 0 aromatic rings. The van der Waals surface area contributed by atoms with Gasteiger partial charge in [0.2, 0.25) is 0 Å². The summed E-state index contributed by atoms with van der Waals surface area (Å²) in [5, 5.41) is 9.44. The Labute approximate surface area is 112 Å². The normalized spacial score (nSPS) is 12.4. The van der Waals surface area contributed by atoms with E-state index in [2.05, 4.69) is 33.8 Å². The highest BCUT2D eigenvalue weighted by Gasteiger charge is 1.93. The van der Waals surface area contributed by atoms with Crippen LogP contribution in [0.1, 0.15) is 59.8 Å². The maximum Gasteiger partial charge on any atom is 0.272 e. The number of aliphatic hydroxyl groups excluding tert-OH is 1. The summed E-state index contributed by atoms with van der Waals surface area (Å²) in [6.07, 6.45) is 11.2. The van der Waals surface area contributed by atoms with Crippen LogP contribution in [0.25, 0.3) is 0 Å². The highest BCUT2D eigenvalue weighted by molar-refractivity contribution is 5.02. The molecule has 18 heavy (non-hydrogen) atoms. The van der Waals surface area contributed by atoms with E-state index in [-0.39, 0.29) is 5.95 Å². The van der Waals surface area contributed by atoms with Gasteiger partial charge < -0.3 is 9.84 Å². The Bertz CT molecular complexity index is 294. The predicted octanol–water partition coefficient (Wildman–Crippen LogP) is 5.29. The molecule has 0 radical (unpaired) electrons. The highest BCUT2D eigenvalue weighted by Crippen LogP contribution is 2.07. The number of unbranched alkanes of at least 4 members (excludes halogenated alkanes) is 2. The lowest BCUT2D eigenvalue weighted by Gasteiger charge is -2.03. The smallest absolute Gasteiger partial charge is 0.272 e. The fourth-order valence-corrected chi connectivity index (χ4v) is 1.45. The van der Waals surface area contributed by atoms with Crippen LogP contribution < -0.4 is 0 Å². The zero-order valence-corrected chi connectivity index (χ0v) is 12.3. The fourth-order valence-electron chi connectivity index (χ4n) is 1.45. The second kappa shape index (κ2) is 10.9. The molecule has 0 aliphatic carbocycles. The summed E-state index contributed by atoms with van der Waals surface area (Å²) in [6, 6.07) is 0. The van der Waals surface area contributed by atoms with Gasteiger partial charge in [0.1, 0.15) is 6.61 Å². The van der Waals surface area contributed by atoms with Gasteiger partial charge in [-0.05, 0) is 58.6 Å². The van der Waals surface area contributed by atoms with Crippen molar-refractivity contribution in [2.45, 2.75) is 59.8 Å². The molecule has 0 saturated carbocycles. The molecule has 0 aromatic heterocycles. The monoisotopic (exact) mass is 252 g/mol. The molecular weight excluding hydrogens is 224 g/mol. The molecule has 1 N–H and O–H groups in total. The van der Waals surface area contributed by atoms with Crippen molar-refractivity contribution in [2.24, 2.45) is 0 Å². The van der Waals surface area contributed by atoms with E-state index in [1.54, 1.807) is 6.08 Å². The lowest BCUT2D eigenvalue weighted by atomic mass is 10.1. The summed E-state index contributed by atoms with van der Waals surface area (Å²) in [7, 11) is 0. The first-order valence-corrected chi connectivity index (χ1v) is 6.87. The summed E-state index contributed by atoms with van der Waals surface area (Å²) in [4.78, 5) is 0. The molecule has 0 spiro atoms. The Kier molecular flexibility index (Phi) is 10.2. The van der Waals surface area contributed by atoms with Crippen molar-refractivity contribution in [1.82, 2.24) is 0 Å². The molecular formula is C16H28O2. The predicted molar refractivity (Wildman–Crippen MR) is 78.6 cm³/mol. The quantitative estimate of drug-likeness (QED) is 0.343. The van der Waals surface area contributed by atoms with Gasteiger partial charge in [0.25, 0.3) is 5.95 Å². The molecule has 0 unspecified atom stereocenters. The van der Waals surface area contributed by atoms with Gasteiger partial charge in [-0.3, -0.25) is 0 Å². The molecule has 2 nitrogen and oxygen atoms in total. The summed E-state index contributed by atoms with van der Waals surface area (Å²) >= 11 is 0. The minimum absolute atomic E-state index is 0.0526. The van der Waals surface area contributed by atoms with Crippen molar-refractivity contribution in [1.29, 1.82) is 0 Å². The lowest BCUT2D eigenvalue weighted by Crippen LogP contribution is -1.92. The van der Waals surface area contributed by atoms with Crippen molar-refractivity contribution >= 4 is 0 Å². The molecule has 0 aliphatic heterocycles. The zero-order chi connectivity index (χ0) is 13.8. The molecule has 0 rings (SSSR count). The Morgan fingerprint density at radius 3 is 2.39 bits per heavy atom. The van der Waals surface area contributed by atoms with E-state index in [1.165, 1.54) is 11.1 Å². The summed E-state index contributed by atoms with van der Waals surface area (Å²) < 4.78 is 5.21. The van der Waals surface area contributed by atoms with E-state index in [1.807, 2.05) is 6.08 Å². The van der Waals surface area contributed by atoms with Gasteiger partial charge in [-0.15, -0.1) is 0 Å². The summed E-state index contributed by atoms with van der Waals surface area (Å²) in [5.41, 5.74) is 2.66. The summed E-state index contributed by atoms with van der Waals surface area (Å²) in [5.74, 6) is 0.0526. The van der Waals surface area contributed by atoms with Gasteiger partial charge >= 0.3 is 0 Å². The van der Waals surface area contributed by atoms with Crippen LogP contribution in [0.5, 0.6) is 0 Å². The Hall–Kier alpha value is -1.18. The zero-order valence-electron chi connectivity index (χ0n) is 12.3. The maximum atomic E-state index is 9.44. The van der Waals surface area contributed by atoms with Gasteiger partial charge in [0.15, 0.2) is 0 Å². The minimum Gasteiger partial charge on any atom is -0.481 e. The SMILES string of the molecule is CCCCC=C(O)OC/C=C(\C)CCC=C(C)C.